The van der Waals surface area contributed by atoms with Gasteiger partial charge in [0.05, 0.1) is 22.9 Å². The lowest BCUT2D eigenvalue weighted by Gasteiger charge is -2.20. The van der Waals surface area contributed by atoms with Crippen LogP contribution in [0.4, 0.5) is 0 Å². The average molecular weight is 465 g/mol. The molecular formula is C24H20N2O2S3. The molecule has 0 aliphatic heterocycles. The van der Waals surface area contributed by atoms with Crippen molar-refractivity contribution in [2.24, 2.45) is 0 Å². The zero-order chi connectivity index (χ0) is 21.8. The molecule has 0 unspecified atom stereocenters. The fourth-order valence-electron chi connectivity index (χ4n) is 3.12. The Morgan fingerprint density at radius 2 is 1.26 bits per heavy atom. The molecule has 0 bridgehead atoms. The summed E-state index contributed by atoms with van der Waals surface area (Å²) in [6.07, 6.45) is 7.10. The summed E-state index contributed by atoms with van der Waals surface area (Å²) in [5.41, 5.74) is 3.29. The molecule has 1 aromatic carbocycles. The first-order valence-electron chi connectivity index (χ1n) is 9.55. The molecule has 0 aliphatic rings. The Balaban J connectivity index is 2.15. The van der Waals surface area contributed by atoms with Gasteiger partial charge in [-0.1, -0.05) is 25.3 Å². The van der Waals surface area contributed by atoms with Crippen molar-refractivity contribution in [3.05, 3.63) is 84.0 Å². The van der Waals surface area contributed by atoms with Crippen molar-refractivity contribution < 1.29 is 9.47 Å². The third-order valence-corrected chi connectivity index (χ3v) is 6.87. The van der Waals surface area contributed by atoms with E-state index in [9.17, 15) is 0 Å². The molecule has 0 fully saturated rings. The van der Waals surface area contributed by atoms with Crippen LogP contribution in [0.1, 0.15) is 13.8 Å². The highest BCUT2D eigenvalue weighted by Gasteiger charge is 2.28. The lowest BCUT2D eigenvalue weighted by atomic mass is 10.0. The number of hydrogen-bond donors (Lipinski definition) is 0. The molecular weight excluding hydrogens is 444 g/mol. The van der Waals surface area contributed by atoms with E-state index >= 15 is 0 Å². The summed E-state index contributed by atoms with van der Waals surface area (Å²) in [4.78, 5) is 2.05. The van der Waals surface area contributed by atoms with Gasteiger partial charge in [0.25, 0.3) is 0 Å². The summed E-state index contributed by atoms with van der Waals surface area (Å²) in [5.74, 6) is 2.42. The first-order valence-corrected chi connectivity index (χ1v) is 12.0. The van der Waals surface area contributed by atoms with Crippen LogP contribution in [0.2, 0.25) is 0 Å². The van der Waals surface area contributed by atoms with E-state index in [2.05, 4.69) is 21.9 Å². The van der Waals surface area contributed by atoms with Crippen molar-refractivity contribution in [1.29, 1.82) is 0 Å². The van der Waals surface area contributed by atoms with Crippen molar-refractivity contribution in [2.45, 2.75) is 13.8 Å². The molecule has 4 rings (SSSR count). The summed E-state index contributed by atoms with van der Waals surface area (Å²) in [6.45, 7) is 11.6. The molecule has 0 saturated heterocycles. The highest BCUT2D eigenvalue weighted by molar-refractivity contribution is 7.14. The van der Waals surface area contributed by atoms with E-state index in [1.54, 1.807) is 34.8 Å². The lowest BCUT2D eigenvalue weighted by molar-refractivity contribution is 0.386. The third kappa shape index (κ3) is 3.99. The van der Waals surface area contributed by atoms with Crippen LogP contribution < -0.4 is 9.47 Å². The molecule has 0 atom stereocenters. The summed E-state index contributed by atoms with van der Waals surface area (Å²) in [5, 5.41) is 4.06. The van der Waals surface area contributed by atoms with Gasteiger partial charge >= 0.3 is 0 Å². The van der Waals surface area contributed by atoms with Crippen LogP contribution in [0, 0.1) is 0 Å². The first-order chi connectivity index (χ1) is 15.2. The maximum absolute atomic E-state index is 6.41. The van der Waals surface area contributed by atoms with Gasteiger partial charge in [0.1, 0.15) is 22.6 Å². The molecule has 0 saturated carbocycles. The molecule has 4 nitrogen and oxygen atoms in total. The van der Waals surface area contributed by atoms with E-state index < -0.39 is 0 Å². The summed E-state index contributed by atoms with van der Waals surface area (Å²) in [7, 11) is 0. The van der Waals surface area contributed by atoms with Crippen LogP contribution in [0.5, 0.6) is 11.5 Å². The van der Waals surface area contributed by atoms with Gasteiger partial charge in [0, 0.05) is 9.75 Å². The molecule has 156 valence electrons. The maximum atomic E-state index is 6.41. The van der Waals surface area contributed by atoms with Crippen molar-refractivity contribution >= 4 is 45.4 Å². The van der Waals surface area contributed by atoms with E-state index in [-0.39, 0.29) is 0 Å². The number of aromatic nitrogens is 2. The van der Waals surface area contributed by atoms with E-state index in [0.717, 1.165) is 31.9 Å². The molecule has 7 heteroatoms. The highest BCUT2D eigenvalue weighted by atomic mass is 32.1. The topological polar surface area (TPSA) is 44.2 Å². The lowest BCUT2D eigenvalue weighted by Crippen LogP contribution is -2.02. The molecule has 0 N–H and O–H groups in total. The number of rotatable bonds is 8. The molecule has 31 heavy (non-hydrogen) atoms. The van der Waals surface area contributed by atoms with Crippen LogP contribution in [-0.2, 0) is 0 Å². The van der Waals surface area contributed by atoms with Crippen molar-refractivity contribution in [2.75, 3.05) is 0 Å². The number of fused-ring (bicyclic) bond motifs is 1. The summed E-state index contributed by atoms with van der Waals surface area (Å²) in [6, 6.07) is 8.11. The number of hydrogen-bond acceptors (Lipinski definition) is 7. The van der Waals surface area contributed by atoms with Gasteiger partial charge in [-0.25, -0.2) is 0 Å². The van der Waals surface area contributed by atoms with Crippen LogP contribution in [0.15, 0.2) is 84.0 Å². The van der Waals surface area contributed by atoms with E-state index in [0.29, 0.717) is 23.0 Å². The zero-order valence-corrected chi connectivity index (χ0v) is 19.6. The fourth-order valence-corrected chi connectivity index (χ4v) is 5.22. The monoisotopic (exact) mass is 464 g/mol. The maximum Gasteiger partial charge on any atom is 0.181 e. The molecule has 0 spiro atoms. The molecule has 0 amide bonds. The van der Waals surface area contributed by atoms with Gasteiger partial charge in [0.2, 0.25) is 0 Å². The minimum atomic E-state index is 0.584. The van der Waals surface area contributed by atoms with Crippen LogP contribution in [0.3, 0.4) is 0 Å². The van der Waals surface area contributed by atoms with E-state index in [4.69, 9.17) is 9.47 Å². The Morgan fingerprint density at radius 3 is 1.58 bits per heavy atom. The smallest absolute Gasteiger partial charge is 0.181 e. The van der Waals surface area contributed by atoms with Gasteiger partial charge in [-0.3, -0.25) is 0 Å². The Morgan fingerprint density at radius 1 is 0.806 bits per heavy atom. The SMILES string of the molecule is C=C/C(=C\C)Oc1c(O/C(C=C)=C/C)c(-c2cccs2)c2nsnc2c1-c1cccs1. The molecule has 0 radical (unpaired) electrons. The second-order valence-electron chi connectivity index (χ2n) is 6.32. The van der Waals surface area contributed by atoms with E-state index in [1.807, 2.05) is 61.0 Å². The molecule has 3 aromatic heterocycles. The predicted molar refractivity (Wildman–Crippen MR) is 133 cm³/mol. The normalized spacial score (nSPS) is 12.2. The second-order valence-corrected chi connectivity index (χ2v) is 8.74. The van der Waals surface area contributed by atoms with Gasteiger partial charge < -0.3 is 9.47 Å². The minimum Gasteiger partial charge on any atom is -0.453 e. The zero-order valence-electron chi connectivity index (χ0n) is 17.1. The minimum absolute atomic E-state index is 0.584. The fraction of sp³-hybridized carbons (Fsp3) is 0.0833. The van der Waals surface area contributed by atoms with Crippen LogP contribution >= 0.6 is 34.4 Å². The number of thiophene rings is 2. The van der Waals surface area contributed by atoms with Gasteiger partial charge in [-0.15, -0.1) is 22.7 Å². The number of nitrogens with zero attached hydrogens (tertiary/aromatic N) is 2. The van der Waals surface area contributed by atoms with Crippen molar-refractivity contribution in [3.8, 4) is 32.4 Å². The Hall–Kier alpha value is -3.00. The Labute approximate surface area is 193 Å². The highest BCUT2D eigenvalue weighted by Crippen LogP contribution is 2.53. The number of allylic oxidation sites excluding steroid dienone is 4. The first kappa shape index (κ1) is 21.2. The van der Waals surface area contributed by atoms with Gasteiger partial charge in [0.15, 0.2) is 11.5 Å². The van der Waals surface area contributed by atoms with Gasteiger partial charge in [-0.2, -0.15) is 8.75 Å². The molecule has 0 aliphatic carbocycles. The Bertz CT molecular complexity index is 1180. The van der Waals surface area contributed by atoms with Crippen LogP contribution in [0.25, 0.3) is 31.9 Å². The summed E-state index contributed by atoms with van der Waals surface area (Å²) >= 11 is 4.42. The molecule has 3 heterocycles. The predicted octanol–water partition coefficient (Wildman–Crippen LogP) is 8.09. The number of benzene rings is 1. The largest absolute Gasteiger partial charge is 0.453 e. The quantitative estimate of drug-likeness (QED) is 0.195. The average Bonchev–Trinajstić information content (AvgIpc) is 3.57. The van der Waals surface area contributed by atoms with Crippen molar-refractivity contribution in [3.63, 3.8) is 0 Å². The standard InChI is InChI=1S/C24H20N2O2S3/c1-5-15(6-2)27-23-19(17-11-9-13-29-17)21-22(26-31-25-21)20(18-12-10-14-30-18)24(23)28-16(7-3)8-4/h5-14H,1,3H2,2,4H3/b15-6+,16-8+. The molecule has 4 aromatic rings. The number of ether oxygens (including phenoxy) is 2. The van der Waals surface area contributed by atoms with Crippen LogP contribution in [-0.4, -0.2) is 8.75 Å². The second kappa shape index (κ2) is 9.43. The van der Waals surface area contributed by atoms with Crippen molar-refractivity contribution in [1.82, 2.24) is 8.75 Å². The van der Waals surface area contributed by atoms with E-state index in [1.165, 1.54) is 11.7 Å². The third-order valence-electron chi connectivity index (χ3n) is 4.57. The Kier molecular flexibility index (Phi) is 6.46. The summed E-state index contributed by atoms with van der Waals surface area (Å²) < 4.78 is 22.1. The van der Waals surface area contributed by atoms with Gasteiger partial charge in [-0.05, 0) is 61.0 Å².